The molecule has 0 N–H and O–H groups in total. The number of hydrogen-bond donors (Lipinski definition) is 0. The Balaban J connectivity index is 0.804. The normalized spacial score (nSPS) is 12.5. The van der Waals surface area contributed by atoms with Gasteiger partial charge in [0.25, 0.3) is 0 Å². The number of fused-ring (bicyclic) bond motifs is 6. The highest BCUT2D eigenvalue weighted by atomic mass is 16.6. The lowest BCUT2D eigenvalue weighted by molar-refractivity contribution is 0.00493. The predicted octanol–water partition coefficient (Wildman–Crippen LogP) is 6.34. The molecule has 0 radical (unpaired) electrons. The van der Waals surface area contributed by atoms with E-state index in [0.29, 0.717) is 52.9 Å². The van der Waals surface area contributed by atoms with Gasteiger partial charge in [-0.05, 0) is 45.5 Å². The fraction of sp³-hybridized carbons (Fsp3) is 0.294. The van der Waals surface area contributed by atoms with Crippen LogP contribution in [-0.2, 0) is 27.1 Å². The van der Waals surface area contributed by atoms with Gasteiger partial charge in [-0.25, -0.2) is 0 Å². The minimum absolute atomic E-state index is 0.520. The van der Waals surface area contributed by atoms with Crippen molar-refractivity contribution < 1.29 is 23.7 Å². The van der Waals surface area contributed by atoms with Crippen LogP contribution in [0, 0.1) is 0 Å². The Kier molecular flexibility index (Phi) is 8.20. The van der Waals surface area contributed by atoms with Crippen LogP contribution in [0.1, 0.15) is 22.3 Å². The zero-order chi connectivity index (χ0) is 26.3. The van der Waals surface area contributed by atoms with E-state index in [1.54, 1.807) is 0 Å². The van der Waals surface area contributed by atoms with Crippen molar-refractivity contribution >= 4 is 0 Å². The van der Waals surface area contributed by atoms with Crippen molar-refractivity contribution in [2.45, 2.75) is 12.8 Å². The van der Waals surface area contributed by atoms with Crippen LogP contribution in [-0.4, -0.2) is 52.9 Å². The van der Waals surface area contributed by atoms with E-state index in [2.05, 4.69) is 72.8 Å². The fourth-order valence-corrected chi connectivity index (χ4v) is 5.49. The molecule has 0 spiro atoms. The third-order valence-electron chi connectivity index (χ3n) is 7.33. The Morgan fingerprint density at radius 1 is 0.385 bits per heavy atom. The summed E-state index contributed by atoms with van der Waals surface area (Å²) in [4.78, 5) is 0. The van der Waals surface area contributed by atoms with Gasteiger partial charge in [-0.2, -0.15) is 0 Å². The first-order valence-electron chi connectivity index (χ1n) is 13.8. The molecule has 0 unspecified atom stereocenters. The maximum Gasteiger partial charge on any atom is 0.123 e. The summed E-state index contributed by atoms with van der Waals surface area (Å²) < 4.78 is 29.1. The maximum absolute atomic E-state index is 6.04. The van der Waals surface area contributed by atoms with Crippen molar-refractivity contribution in [2.24, 2.45) is 0 Å². The predicted molar refractivity (Wildman–Crippen MR) is 153 cm³/mol. The summed E-state index contributed by atoms with van der Waals surface area (Å²) in [5.41, 5.74) is 10.4. The topological polar surface area (TPSA) is 46.2 Å². The molecule has 2 aliphatic carbocycles. The van der Waals surface area contributed by atoms with Crippen LogP contribution in [0.25, 0.3) is 22.3 Å². The van der Waals surface area contributed by atoms with E-state index >= 15 is 0 Å². The molecule has 0 aromatic heterocycles. The second-order valence-corrected chi connectivity index (χ2v) is 9.77. The summed E-state index contributed by atoms with van der Waals surface area (Å²) in [7, 11) is 0. The first-order chi connectivity index (χ1) is 19.4. The lowest BCUT2D eigenvalue weighted by atomic mass is 10.1. The third-order valence-corrected chi connectivity index (χ3v) is 7.33. The molecule has 2 aliphatic rings. The van der Waals surface area contributed by atoms with E-state index < -0.39 is 0 Å². The van der Waals surface area contributed by atoms with Crippen LogP contribution in [0.15, 0.2) is 84.9 Å². The monoisotopic (exact) mass is 522 g/mol. The average molecular weight is 523 g/mol. The first kappa shape index (κ1) is 25.6. The smallest absolute Gasteiger partial charge is 0.123 e. The van der Waals surface area contributed by atoms with Gasteiger partial charge in [0, 0.05) is 24.0 Å². The van der Waals surface area contributed by atoms with Gasteiger partial charge in [-0.15, -0.1) is 0 Å². The zero-order valence-corrected chi connectivity index (χ0v) is 22.2. The summed E-state index contributed by atoms with van der Waals surface area (Å²) in [6.07, 6.45) is 1.85. The molecule has 0 heterocycles. The molecular formula is C34H34O5. The van der Waals surface area contributed by atoms with Crippen LogP contribution in [0.5, 0.6) is 11.5 Å². The summed E-state index contributed by atoms with van der Waals surface area (Å²) in [5, 5.41) is 0. The molecule has 39 heavy (non-hydrogen) atoms. The van der Waals surface area contributed by atoms with E-state index in [1.807, 2.05) is 12.1 Å². The van der Waals surface area contributed by atoms with Crippen molar-refractivity contribution in [3.05, 3.63) is 107 Å². The van der Waals surface area contributed by atoms with Crippen molar-refractivity contribution in [3.63, 3.8) is 0 Å². The summed E-state index contributed by atoms with van der Waals surface area (Å²) in [6, 6.07) is 29.7. The average Bonchev–Trinajstić information content (AvgIpc) is 3.55. The molecule has 5 nitrogen and oxygen atoms in total. The van der Waals surface area contributed by atoms with Gasteiger partial charge in [0.1, 0.15) is 24.7 Å². The maximum atomic E-state index is 6.04. The number of hydrogen-bond acceptors (Lipinski definition) is 5. The zero-order valence-electron chi connectivity index (χ0n) is 22.2. The highest BCUT2D eigenvalue weighted by Crippen LogP contribution is 2.42. The van der Waals surface area contributed by atoms with Gasteiger partial charge in [0.15, 0.2) is 0 Å². The summed E-state index contributed by atoms with van der Waals surface area (Å²) >= 11 is 0. The van der Waals surface area contributed by atoms with Crippen LogP contribution < -0.4 is 9.47 Å². The number of benzene rings is 4. The van der Waals surface area contributed by atoms with Gasteiger partial charge < -0.3 is 23.7 Å². The minimum atomic E-state index is 0.520. The van der Waals surface area contributed by atoms with Gasteiger partial charge in [-0.1, -0.05) is 72.8 Å². The van der Waals surface area contributed by atoms with Crippen molar-refractivity contribution in [1.29, 1.82) is 0 Å². The number of ether oxygens (including phenoxy) is 5. The van der Waals surface area contributed by atoms with Gasteiger partial charge >= 0.3 is 0 Å². The Morgan fingerprint density at radius 2 is 0.769 bits per heavy atom. The van der Waals surface area contributed by atoms with Crippen LogP contribution in [0.4, 0.5) is 0 Å². The Bertz CT molecular complexity index is 1310. The van der Waals surface area contributed by atoms with Crippen molar-refractivity contribution in [2.75, 3.05) is 52.9 Å². The highest BCUT2D eigenvalue weighted by Gasteiger charge is 2.22. The lowest BCUT2D eigenvalue weighted by Gasteiger charge is -2.12. The molecule has 0 saturated carbocycles. The van der Waals surface area contributed by atoms with E-state index in [4.69, 9.17) is 23.7 Å². The largest absolute Gasteiger partial charge is 0.491 e. The second kappa shape index (κ2) is 12.5. The van der Waals surface area contributed by atoms with Crippen molar-refractivity contribution in [1.82, 2.24) is 0 Å². The molecular weight excluding hydrogens is 488 g/mol. The van der Waals surface area contributed by atoms with E-state index in [1.165, 1.54) is 44.5 Å². The SMILES string of the molecule is c1ccc2c(c1)Cc1c(OCCOCCOCCOCCOc3cccc4c3Cc3ccccc3-4)cccc1-2. The molecule has 0 amide bonds. The summed E-state index contributed by atoms with van der Waals surface area (Å²) in [6.45, 7) is 4.24. The third kappa shape index (κ3) is 5.86. The number of rotatable bonds is 14. The molecule has 0 aliphatic heterocycles. The quantitative estimate of drug-likeness (QED) is 0.156. The van der Waals surface area contributed by atoms with E-state index in [9.17, 15) is 0 Å². The fourth-order valence-electron chi connectivity index (χ4n) is 5.49. The van der Waals surface area contributed by atoms with E-state index in [0.717, 1.165) is 24.3 Å². The van der Waals surface area contributed by atoms with Crippen LogP contribution in [0.3, 0.4) is 0 Å². The Hall–Kier alpha value is -3.64. The second-order valence-electron chi connectivity index (χ2n) is 9.77. The molecule has 5 heteroatoms. The van der Waals surface area contributed by atoms with Gasteiger partial charge in [0.2, 0.25) is 0 Å². The standard InChI is InChI=1S/C34H34O5/c1-3-9-27-25(7-1)23-31-29(27)11-5-13-33(31)38-21-19-36-17-15-35-16-18-37-20-22-39-34-14-6-12-30-28-10-4-2-8-26(28)24-32(30)34/h1-14H,15-24H2. The van der Waals surface area contributed by atoms with Crippen molar-refractivity contribution in [3.8, 4) is 33.8 Å². The Labute approximate surface area is 230 Å². The molecule has 200 valence electrons. The molecule has 6 rings (SSSR count). The summed E-state index contributed by atoms with van der Waals surface area (Å²) in [5.74, 6) is 1.90. The Morgan fingerprint density at radius 3 is 1.23 bits per heavy atom. The molecule has 4 aromatic carbocycles. The molecule has 0 saturated heterocycles. The van der Waals surface area contributed by atoms with E-state index in [-0.39, 0.29) is 0 Å². The highest BCUT2D eigenvalue weighted by molar-refractivity contribution is 5.79. The van der Waals surface area contributed by atoms with Gasteiger partial charge in [0.05, 0.1) is 39.6 Å². The molecule has 0 bridgehead atoms. The molecule has 4 aromatic rings. The molecule has 0 fully saturated rings. The minimum Gasteiger partial charge on any atom is -0.491 e. The lowest BCUT2D eigenvalue weighted by Crippen LogP contribution is -2.14. The first-order valence-corrected chi connectivity index (χ1v) is 13.8. The molecule has 0 atom stereocenters. The van der Waals surface area contributed by atoms with Gasteiger partial charge in [-0.3, -0.25) is 0 Å². The van der Waals surface area contributed by atoms with Crippen LogP contribution in [0.2, 0.25) is 0 Å². The van der Waals surface area contributed by atoms with Crippen LogP contribution >= 0.6 is 0 Å².